The molecule has 0 amide bonds. The lowest BCUT2D eigenvalue weighted by atomic mass is 10.1. The Bertz CT molecular complexity index is 619. The van der Waals surface area contributed by atoms with Crippen LogP contribution in [-0.2, 0) is 16.0 Å². The van der Waals surface area contributed by atoms with Gasteiger partial charge in [0, 0.05) is 12.4 Å². The second kappa shape index (κ2) is 6.66. The fraction of sp³-hybridized carbons (Fsp3) is 0.353. The van der Waals surface area contributed by atoms with Gasteiger partial charge < -0.3 is 10.5 Å². The average molecular weight is 299 g/mol. The number of nitrogens with two attached hydrogens (primary N) is 1. The number of hydrogen-bond acceptors (Lipinski definition) is 5. The summed E-state index contributed by atoms with van der Waals surface area (Å²) in [7, 11) is 0. The van der Waals surface area contributed by atoms with E-state index in [0.717, 1.165) is 17.0 Å². The van der Waals surface area contributed by atoms with Crippen molar-refractivity contribution >= 4 is 5.97 Å². The molecule has 2 aromatic rings. The summed E-state index contributed by atoms with van der Waals surface area (Å²) in [5, 5.41) is 0. The number of carbonyl (C=O) groups excluding carboxylic acids is 1. The van der Waals surface area contributed by atoms with E-state index in [2.05, 4.69) is 9.97 Å². The van der Waals surface area contributed by atoms with Gasteiger partial charge in [0.05, 0.1) is 11.4 Å². The molecule has 0 aliphatic carbocycles. The van der Waals surface area contributed by atoms with Crippen molar-refractivity contribution in [2.75, 3.05) is 0 Å². The van der Waals surface area contributed by atoms with Crippen LogP contribution in [0.3, 0.4) is 0 Å². The Morgan fingerprint density at radius 2 is 1.91 bits per heavy atom. The Hall–Kier alpha value is -2.27. The number of esters is 1. The fourth-order valence-electron chi connectivity index (χ4n) is 1.93. The summed E-state index contributed by atoms with van der Waals surface area (Å²) >= 11 is 0. The predicted octanol–water partition coefficient (Wildman–Crippen LogP) is 2.36. The van der Waals surface area contributed by atoms with Crippen molar-refractivity contribution in [2.24, 2.45) is 5.73 Å². The van der Waals surface area contributed by atoms with Crippen molar-refractivity contribution in [3.63, 3.8) is 0 Å². The van der Waals surface area contributed by atoms with Crippen LogP contribution < -0.4 is 5.73 Å². The number of ether oxygens (including phenoxy) is 1. The van der Waals surface area contributed by atoms with Gasteiger partial charge in [0.25, 0.3) is 0 Å². The molecule has 1 atom stereocenters. The number of nitrogens with zero attached hydrogens (tertiary/aromatic N) is 2. The van der Waals surface area contributed by atoms with E-state index < -0.39 is 17.6 Å². The first-order valence-corrected chi connectivity index (χ1v) is 7.20. The minimum Gasteiger partial charge on any atom is -0.459 e. The van der Waals surface area contributed by atoms with Gasteiger partial charge in [-0.2, -0.15) is 0 Å². The molecule has 5 nitrogen and oxygen atoms in total. The highest BCUT2D eigenvalue weighted by molar-refractivity contribution is 5.76. The molecule has 0 aliphatic rings. The molecule has 0 aliphatic heterocycles. The van der Waals surface area contributed by atoms with E-state index in [1.165, 1.54) is 0 Å². The number of aromatic nitrogens is 2. The van der Waals surface area contributed by atoms with Gasteiger partial charge in [-0.3, -0.25) is 14.8 Å². The van der Waals surface area contributed by atoms with Crippen LogP contribution >= 0.6 is 0 Å². The molecule has 0 unspecified atom stereocenters. The first-order chi connectivity index (χ1) is 10.3. The standard InChI is InChI=1S/C17H21N3O2/c1-17(2,3)22-16(21)13(18)10-12-7-8-15(20-11-12)14-6-4-5-9-19-14/h4-9,11,13H,10,18H2,1-3H3/t13-/m1/s1. The van der Waals surface area contributed by atoms with Gasteiger partial charge in [0.15, 0.2) is 0 Å². The fourth-order valence-corrected chi connectivity index (χ4v) is 1.93. The monoisotopic (exact) mass is 299 g/mol. The van der Waals surface area contributed by atoms with E-state index in [1.807, 2.05) is 51.1 Å². The Morgan fingerprint density at radius 3 is 2.45 bits per heavy atom. The molecule has 0 fully saturated rings. The molecule has 2 N–H and O–H groups in total. The van der Waals surface area contributed by atoms with Crippen molar-refractivity contribution in [2.45, 2.75) is 38.8 Å². The minimum atomic E-state index is -0.693. The molecule has 116 valence electrons. The maximum absolute atomic E-state index is 11.9. The zero-order valence-corrected chi connectivity index (χ0v) is 13.1. The summed E-state index contributed by atoms with van der Waals surface area (Å²) < 4.78 is 5.27. The number of hydrogen-bond donors (Lipinski definition) is 1. The summed E-state index contributed by atoms with van der Waals surface area (Å²) in [5.74, 6) is -0.402. The lowest BCUT2D eigenvalue weighted by Gasteiger charge is -2.22. The summed E-state index contributed by atoms with van der Waals surface area (Å²) in [4.78, 5) is 20.5. The predicted molar refractivity (Wildman–Crippen MR) is 85.0 cm³/mol. The third kappa shape index (κ3) is 4.63. The maximum Gasteiger partial charge on any atom is 0.323 e. The van der Waals surface area contributed by atoms with E-state index in [-0.39, 0.29) is 0 Å². The van der Waals surface area contributed by atoms with Gasteiger partial charge in [-0.15, -0.1) is 0 Å². The molecule has 0 saturated heterocycles. The molecule has 2 rings (SSSR count). The summed E-state index contributed by atoms with van der Waals surface area (Å²) in [5.41, 5.74) is 7.84. The molecule has 22 heavy (non-hydrogen) atoms. The van der Waals surface area contributed by atoms with Crippen LogP contribution in [0.4, 0.5) is 0 Å². The average Bonchev–Trinajstić information content (AvgIpc) is 2.47. The smallest absolute Gasteiger partial charge is 0.323 e. The molecule has 2 aromatic heterocycles. The highest BCUT2D eigenvalue weighted by atomic mass is 16.6. The summed E-state index contributed by atoms with van der Waals surface area (Å²) in [6, 6.07) is 8.75. The van der Waals surface area contributed by atoms with E-state index in [0.29, 0.717) is 6.42 Å². The lowest BCUT2D eigenvalue weighted by molar-refractivity contribution is -0.156. The second-order valence-corrected chi connectivity index (χ2v) is 6.11. The summed E-state index contributed by atoms with van der Waals surface area (Å²) in [6.45, 7) is 5.46. The third-order valence-corrected chi connectivity index (χ3v) is 2.92. The molecule has 0 radical (unpaired) electrons. The van der Waals surface area contributed by atoms with Crippen LogP contribution in [0.25, 0.3) is 11.4 Å². The van der Waals surface area contributed by atoms with Crippen LogP contribution in [0.2, 0.25) is 0 Å². The van der Waals surface area contributed by atoms with E-state index in [4.69, 9.17) is 10.5 Å². The normalized spacial score (nSPS) is 12.7. The molecule has 5 heteroatoms. The van der Waals surface area contributed by atoms with Crippen LogP contribution in [0.5, 0.6) is 0 Å². The largest absolute Gasteiger partial charge is 0.459 e. The zero-order valence-electron chi connectivity index (χ0n) is 13.1. The molecular weight excluding hydrogens is 278 g/mol. The van der Waals surface area contributed by atoms with Crippen LogP contribution in [0.1, 0.15) is 26.3 Å². The number of carbonyl (C=O) groups is 1. The van der Waals surface area contributed by atoms with E-state index >= 15 is 0 Å². The van der Waals surface area contributed by atoms with Crippen molar-refractivity contribution < 1.29 is 9.53 Å². The molecule has 0 saturated carbocycles. The Labute approximate surface area is 130 Å². The van der Waals surface area contributed by atoms with Gasteiger partial charge in [-0.1, -0.05) is 12.1 Å². The topological polar surface area (TPSA) is 78.1 Å². The molecule has 0 bridgehead atoms. The van der Waals surface area contributed by atoms with Gasteiger partial charge in [-0.25, -0.2) is 0 Å². The number of pyridine rings is 2. The van der Waals surface area contributed by atoms with Crippen LogP contribution in [0, 0.1) is 0 Å². The maximum atomic E-state index is 11.9. The minimum absolute atomic E-state index is 0.393. The SMILES string of the molecule is CC(C)(C)OC(=O)[C@H](N)Cc1ccc(-c2ccccn2)nc1. The van der Waals surface area contributed by atoms with E-state index in [9.17, 15) is 4.79 Å². The highest BCUT2D eigenvalue weighted by Gasteiger charge is 2.22. The molecule has 2 heterocycles. The molecular formula is C17H21N3O2. The molecule has 0 aromatic carbocycles. The van der Waals surface area contributed by atoms with Gasteiger partial charge in [0.2, 0.25) is 0 Å². The Morgan fingerprint density at radius 1 is 1.18 bits per heavy atom. The second-order valence-electron chi connectivity index (χ2n) is 6.11. The zero-order chi connectivity index (χ0) is 16.2. The Kier molecular flexibility index (Phi) is 4.88. The van der Waals surface area contributed by atoms with Gasteiger partial charge in [0.1, 0.15) is 11.6 Å². The van der Waals surface area contributed by atoms with Crippen molar-refractivity contribution in [3.8, 4) is 11.4 Å². The Balaban J connectivity index is 2.01. The van der Waals surface area contributed by atoms with E-state index in [1.54, 1.807) is 12.4 Å². The van der Waals surface area contributed by atoms with Crippen LogP contribution in [0.15, 0.2) is 42.7 Å². The highest BCUT2D eigenvalue weighted by Crippen LogP contribution is 2.15. The van der Waals surface area contributed by atoms with Gasteiger partial charge in [-0.05, 0) is 51.0 Å². The number of rotatable bonds is 4. The first-order valence-electron chi connectivity index (χ1n) is 7.20. The van der Waals surface area contributed by atoms with Crippen molar-refractivity contribution in [1.29, 1.82) is 0 Å². The quantitative estimate of drug-likeness (QED) is 0.877. The van der Waals surface area contributed by atoms with Crippen molar-refractivity contribution in [1.82, 2.24) is 9.97 Å². The lowest BCUT2D eigenvalue weighted by Crippen LogP contribution is -2.38. The third-order valence-electron chi connectivity index (χ3n) is 2.92. The van der Waals surface area contributed by atoms with Gasteiger partial charge >= 0.3 is 5.97 Å². The summed E-state index contributed by atoms with van der Waals surface area (Å²) in [6.07, 6.45) is 3.84. The molecule has 0 spiro atoms. The van der Waals surface area contributed by atoms with Crippen molar-refractivity contribution in [3.05, 3.63) is 48.3 Å². The van der Waals surface area contributed by atoms with Crippen LogP contribution in [-0.4, -0.2) is 27.6 Å². The first kappa shape index (κ1) is 16.1.